The lowest BCUT2D eigenvalue weighted by atomic mass is 10.1. The lowest BCUT2D eigenvalue weighted by Gasteiger charge is -2.18. The van der Waals surface area contributed by atoms with Crippen LogP contribution in [0.15, 0.2) is 48.5 Å². The Morgan fingerprint density at radius 2 is 1.79 bits per heavy atom. The highest BCUT2D eigenvalue weighted by Crippen LogP contribution is 2.21. The molecule has 0 radical (unpaired) electrons. The van der Waals surface area contributed by atoms with E-state index in [9.17, 15) is 4.79 Å². The molecule has 5 heteroatoms. The Hall–Kier alpha value is -3.08. The van der Waals surface area contributed by atoms with E-state index < -0.39 is 0 Å². The van der Waals surface area contributed by atoms with Gasteiger partial charge in [0.05, 0.1) is 24.4 Å². The lowest BCUT2D eigenvalue weighted by molar-refractivity contribution is -0.130. The Kier molecular flexibility index (Phi) is 6.37. The van der Waals surface area contributed by atoms with Gasteiger partial charge in [0, 0.05) is 24.8 Å². The lowest BCUT2D eigenvalue weighted by Crippen LogP contribution is -2.28. The van der Waals surface area contributed by atoms with Gasteiger partial charge in [0.25, 0.3) is 0 Å². The monoisotopic (exact) mass is 391 g/mol. The van der Waals surface area contributed by atoms with Crippen LogP contribution >= 0.6 is 0 Å². The third-order valence-electron chi connectivity index (χ3n) is 5.18. The van der Waals surface area contributed by atoms with Crippen LogP contribution in [0.25, 0.3) is 5.69 Å². The molecule has 1 aromatic heterocycles. The van der Waals surface area contributed by atoms with Crippen LogP contribution in [0.5, 0.6) is 5.75 Å². The first-order valence-corrected chi connectivity index (χ1v) is 9.91. The predicted molar refractivity (Wildman–Crippen MR) is 116 cm³/mol. The van der Waals surface area contributed by atoms with Gasteiger partial charge in [-0.25, -0.2) is 4.68 Å². The Morgan fingerprint density at radius 3 is 2.52 bits per heavy atom. The van der Waals surface area contributed by atoms with Crippen LogP contribution in [0.3, 0.4) is 0 Å². The van der Waals surface area contributed by atoms with E-state index in [1.54, 1.807) is 4.90 Å². The number of nitrogens with zero attached hydrogens (tertiary/aromatic N) is 3. The summed E-state index contributed by atoms with van der Waals surface area (Å²) in [5.41, 5.74) is 6.33. The molecule has 0 atom stereocenters. The number of benzene rings is 2. The fraction of sp³-hybridized carbons (Fsp3) is 0.333. The van der Waals surface area contributed by atoms with Gasteiger partial charge in [-0.15, -0.1) is 0 Å². The molecule has 2 aromatic carbocycles. The fourth-order valence-corrected chi connectivity index (χ4v) is 3.35. The number of aryl methyl sites for hydroxylation is 3. The third-order valence-corrected chi connectivity index (χ3v) is 5.18. The van der Waals surface area contributed by atoms with E-state index in [0.29, 0.717) is 19.6 Å². The number of amides is 1. The zero-order valence-corrected chi connectivity index (χ0v) is 17.9. The second-order valence-corrected chi connectivity index (χ2v) is 7.51. The highest BCUT2D eigenvalue weighted by Gasteiger charge is 2.17. The molecule has 0 saturated carbocycles. The van der Waals surface area contributed by atoms with E-state index >= 15 is 0 Å². The number of carbonyl (C=O) groups is 1. The summed E-state index contributed by atoms with van der Waals surface area (Å²) in [5.74, 6) is 0.901. The summed E-state index contributed by atoms with van der Waals surface area (Å²) in [5, 5.41) is 4.67. The smallest absolute Gasteiger partial charge is 0.226 e. The molecule has 0 aliphatic carbocycles. The number of rotatable bonds is 7. The van der Waals surface area contributed by atoms with Crippen LogP contribution in [0.4, 0.5) is 0 Å². The van der Waals surface area contributed by atoms with Crippen molar-refractivity contribution in [1.29, 1.82) is 0 Å². The number of aromatic nitrogens is 2. The average Bonchev–Trinajstić information content (AvgIpc) is 2.99. The molecule has 0 saturated heterocycles. The van der Waals surface area contributed by atoms with Crippen molar-refractivity contribution < 1.29 is 9.53 Å². The van der Waals surface area contributed by atoms with Crippen molar-refractivity contribution >= 4 is 5.91 Å². The van der Waals surface area contributed by atoms with E-state index in [0.717, 1.165) is 39.5 Å². The van der Waals surface area contributed by atoms with Crippen LogP contribution in [-0.2, 0) is 11.3 Å². The maximum absolute atomic E-state index is 12.6. The summed E-state index contributed by atoms with van der Waals surface area (Å²) >= 11 is 0. The average molecular weight is 392 g/mol. The normalized spacial score (nSPS) is 10.8. The van der Waals surface area contributed by atoms with Crippen molar-refractivity contribution in [2.24, 2.45) is 0 Å². The molecule has 3 rings (SSSR count). The first kappa shape index (κ1) is 20.6. The van der Waals surface area contributed by atoms with E-state index in [2.05, 4.69) is 11.2 Å². The Bertz CT molecular complexity index is 993. The molecule has 5 nitrogen and oxygen atoms in total. The largest absolute Gasteiger partial charge is 0.493 e. The second kappa shape index (κ2) is 8.95. The molecular weight excluding hydrogens is 362 g/mol. The maximum atomic E-state index is 12.6. The number of ether oxygens (including phenoxy) is 1. The van der Waals surface area contributed by atoms with Gasteiger partial charge < -0.3 is 9.64 Å². The first-order chi connectivity index (χ1) is 13.9. The van der Waals surface area contributed by atoms with Crippen molar-refractivity contribution in [2.45, 2.75) is 40.7 Å². The van der Waals surface area contributed by atoms with Gasteiger partial charge in [0.2, 0.25) is 5.91 Å². The molecule has 1 amide bonds. The van der Waals surface area contributed by atoms with Crippen LogP contribution < -0.4 is 4.74 Å². The molecule has 1 heterocycles. The fourth-order valence-electron chi connectivity index (χ4n) is 3.35. The topological polar surface area (TPSA) is 47.4 Å². The molecule has 0 spiro atoms. The summed E-state index contributed by atoms with van der Waals surface area (Å²) in [7, 11) is 1.83. The van der Waals surface area contributed by atoms with E-state index in [4.69, 9.17) is 4.74 Å². The van der Waals surface area contributed by atoms with Crippen molar-refractivity contribution in [2.75, 3.05) is 13.7 Å². The molecule has 0 aliphatic heterocycles. The predicted octanol–water partition coefficient (Wildman–Crippen LogP) is 4.53. The zero-order chi connectivity index (χ0) is 21.0. The molecule has 0 aliphatic rings. The minimum Gasteiger partial charge on any atom is -0.493 e. The van der Waals surface area contributed by atoms with E-state index in [-0.39, 0.29) is 5.91 Å². The van der Waals surface area contributed by atoms with E-state index in [1.807, 2.05) is 81.9 Å². The summed E-state index contributed by atoms with van der Waals surface area (Å²) < 4.78 is 7.77. The van der Waals surface area contributed by atoms with Crippen molar-refractivity contribution in [1.82, 2.24) is 14.7 Å². The quantitative estimate of drug-likeness (QED) is 0.594. The Labute approximate surface area is 172 Å². The molecule has 0 fully saturated rings. The molecule has 29 heavy (non-hydrogen) atoms. The molecule has 152 valence electrons. The maximum Gasteiger partial charge on any atom is 0.226 e. The summed E-state index contributed by atoms with van der Waals surface area (Å²) in [6, 6.07) is 16.1. The summed E-state index contributed by atoms with van der Waals surface area (Å²) in [6.07, 6.45) is 0.342. The van der Waals surface area contributed by atoms with E-state index in [1.165, 1.54) is 0 Å². The summed E-state index contributed by atoms with van der Waals surface area (Å²) in [4.78, 5) is 14.4. The molecular formula is C24H29N3O2. The molecule has 0 N–H and O–H groups in total. The number of para-hydroxylation sites is 1. The van der Waals surface area contributed by atoms with Gasteiger partial charge in [0.15, 0.2) is 0 Å². The van der Waals surface area contributed by atoms with Crippen molar-refractivity contribution in [3.05, 3.63) is 76.6 Å². The van der Waals surface area contributed by atoms with Gasteiger partial charge in [-0.1, -0.05) is 30.3 Å². The first-order valence-electron chi connectivity index (χ1n) is 9.91. The number of hydrogen-bond acceptors (Lipinski definition) is 3. The standard InChI is InChI=1S/C24H29N3O2/c1-17-11-12-18(2)23(15-17)29-14-13-24(28)26(5)16-22-19(3)25-27(20(22)4)21-9-7-6-8-10-21/h6-12,15H,13-14,16H2,1-5H3. The minimum absolute atomic E-state index is 0.0570. The molecule has 3 aromatic rings. The van der Waals surface area contributed by atoms with Gasteiger partial charge >= 0.3 is 0 Å². The van der Waals surface area contributed by atoms with Crippen LogP contribution in [0, 0.1) is 27.7 Å². The van der Waals surface area contributed by atoms with Gasteiger partial charge in [-0.3, -0.25) is 4.79 Å². The SMILES string of the molecule is Cc1ccc(C)c(OCCC(=O)N(C)Cc2c(C)nn(-c3ccccc3)c2C)c1. The van der Waals surface area contributed by atoms with Gasteiger partial charge in [-0.05, 0) is 57.0 Å². The number of hydrogen-bond donors (Lipinski definition) is 0. The van der Waals surface area contributed by atoms with Crippen LogP contribution in [0.2, 0.25) is 0 Å². The third kappa shape index (κ3) is 4.86. The van der Waals surface area contributed by atoms with Crippen LogP contribution in [0.1, 0.15) is 34.5 Å². The highest BCUT2D eigenvalue weighted by atomic mass is 16.5. The van der Waals surface area contributed by atoms with Gasteiger partial charge in [0.1, 0.15) is 5.75 Å². The van der Waals surface area contributed by atoms with Crippen molar-refractivity contribution in [3.8, 4) is 11.4 Å². The summed E-state index contributed by atoms with van der Waals surface area (Å²) in [6.45, 7) is 8.99. The van der Waals surface area contributed by atoms with Crippen molar-refractivity contribution in [3.63, 3.8) is 0 Å². The highest BCUT2D eigenvalue weighted by molar-refractivity contribution is 5.76. The van der Waals surface area contributed by atoms with Crippen LogP contribution in [-0.4, -0.2) is 34.2 Å². The molecule has 0 bridgehead atoms. The van der Waals surface area contributed by atoms with Gasteiger partial charge in [-0.2, -0.15) is 5.10 Å². The number of carbonyl (C=O) groups excluding carboxylic acids is 1. The molecule has 0 unspecified atom stereocenters. The Balaban J connectivity index is 1.61. The minimum atomic E-state index is 0.0570. The second-order valence-electron chi connectivity index (χ2n) is 7.51. The zero-order valence-electron chi connectivity index (χ0n) is 17.9. The Morgan fingerprint density at radius 1 is 1.07 bits per heavy atom.